The maximum Gasteiger partial charge on any atom is 0.165 e. The summed E-state index contributed by atoms with van der Waals surface area (Å²) in [5, 5.41) is 9.18. The maximum atomic E-state index is 13.3. The lowest BCUT2D eigenvalue weighted by Crippen LogP contribution is -1.89. The molecule has 0 unspecified atom stereocenters. The molecule has 0 amide bonds. The summed E-state index contributed by atoms with van der Waals surface area (Å²) < 4.78 is 13.3. The summed E-state index contributed by atoms with van der Waals surface area (Å²) in [7, 11) is 0. The second-order valence-corrected chi connectivity index (χ2v) is 4.42. The summed E-state index contributed by atoms with van der Waals surface area (Å²) in [4.78, 5) is 0. The van der Waals surface area contributed by atoms with Crippen molar-refractivity contribution in [2.45, 2.75) is 20.8 Å². The van der Waals surface area contributed by atoms with Crippen molar-refractivity contribution in [2.24, 2.45) is 0 Å². The molecular weight excluding hydrogens is 215 g/mol. The van der Waals surface area contributed by atoms with E-state index in [-0.39, 0.29) is 5.75 Å². The van der Waals surface area contributed by atoms with Gasteiger partial charge in [0.1, 0.15) is 0 Å². The van der Waals surface area contributed by atoms with Crippen LogP contribution in [0, 0.1) is 26.6 Å². The molecule has 0 aliphatic heterocycles. The van der Waals surface area contributed by atoms with Crippen molar-refractivity contribution < 1.29 is 9.50 Å². The molecule has 2 aromatic carbocycles. The van der Waals surface area contributed by atoms with Crippen molar-refractivity contribution >= 4 is 0 Å². The van der Waals surface area contributed by atoms with E-state index in [1.807, 2.05) is 13.8 Å². The highest BCUT2D eigenvalue weighted by Crippen LogP contribution is 2.29. The monoisotopic (exact) mass is 230 g/mol. The third kappa shape index (κ3) is 2.16. The standard InChI is InChI=1S/C15H15FO/c1-9-6-11(3)13(7-10(9)2)12-4-5-15(17)14(16)8-12/h4-8,17H,1-3H3. The van der Waals surface area contributed by atoms with E-state index in [1.54, 1.807) is 6.07 Å². The van der Waals surface area contributed by atoms with E-state index in [2.05, 4.69) is 19.1 Å². The fourth-order valence-corrected chi connectivity index (χ4v) is 1.95. The lowest BCUT2D eigenvalue weighted by atomic mass is 9.95. The van der Waals surface area contributed by atoms with Crippen molar-refractivity contribution in [3.8, 4) is 16.9 Å². The zero-order chi connectivity index (χ0) is 12.6. The first-order valence-corrected chi connectivity index (χ1v) is 5.56. The van der Waals surface area contributed by atoms with Crippen LogP contribution in [0.3, 0.4) is 0 Å². The second-order valence-electron chi connectivity index (χ2n) is 4.42. The van der Waals surface area contributed by atoms with Crippen LogP contribution >= 0.6 is 0 Å². The molecule has 0 saturated carbocycles. The zero-order valence-corrected chi connectivity index (χ0v) is 10.2. The Morgan fingerprint density at radius 2 is 1.53 bits per heavy atom. The van der Waals surface area contributed by atoms with Crippen molar-refractivity contribution in [1.29, 1.82) is 0 Å². The lowest BCUT2D eigenvalue weighted by molar-refractivity contribution is 0.432. The number of hydrogen-bond acceptors (Lipinski definition) is 1. The molecule has 0 aromatic heterocycles. The Kier molecular flexibility index (Phi) is 2.88. The van der Waals surface area contributed by atoms with Crippen molar-refractivity contribution in [3.63, 3.8) is 0 Å². The van der Waals surface area contributed by atoms with Gasteiger partial charge in [0.25, 0.3) is 0 Å². The molecule has 1 nitrogen and oxygen atoms in total. The average Bonchev–Trinajstić information content (AvgIpc) is 2.27. The molecule has 0 fully saturated rings. The number of aryl methyl sites for hydroxylation is 3. The lowest BCUT2D eigenvalue weighted by Gasteiger charge is -2.10. The molecule has 88 valence electrons. The number of rotatable bonds is 1. The van der Waals surface area contributed by atoms with Gasteiger partial charge >= 0.3 is 0 Å². The van der Waals surface area contributed by atoms with Crippen molar-refractivity contribution in [1.82, 2.24) is 0 Å². The van der Waals surface area contributed by atoms with Crippen LogP contribution in [0.4, 0.5) is 4.39 Å². The fourth-order valence-electron chi connectivity index (χ4n) is 1.95. The van der Waals surface area contributed by atoms with Crippen LogP contribution in [0.2, 0.25) is 0 Å². The Morgan fingerprint density at radius 1 is 0.882 bits per heavy atom. The van der Waals surface area contributed by atoms with Gasteiger partial charge in [-0.2, -0.15) is 0 Å². The molecule has 0 aliphatic carbocycles. The van der Waals surface area contributed by atoms with E-state index < -0.39 is 5.82 Å². The van der Waals surface area contributed by atoms with Gasteiger partial charge in [-0.3, -0.25) is 0 Å². The number of phenolic OH excluding ortho intramolecular Hbond substituents is 1. The third-order valence-corrected chi connectivity index (χ3v) is 3.10. The second kappa shape index (κ2) is 4.21. The molecule has 1 N–H and O–H groups in total. The van der Waals surface area contributed by atoms with Gasteiger partial charge in [0, 0.05) is 0 Å². The quantitative estimate of drug-likeness (QED) is 0.781. The van der Waals surface area contributed by atoms with Gasteiger partial charge in [-0.15, -0.1) is 0 Å². The zero-order valence-electron chi connectivity index (χ0n) is 10.2. The van der Waals surface area contributed by atoms with Gasteiger partial charge in [-0.05, 0) is 60.7 Å². The SMILES string of the molecule is Cc1cc(C)c(-c2ccc(O)c(F)c2)cc1C. The highest BCUT2D eigenvalue weighted by Gasteiger charge is 2.07. The molecule has 2 heteroatoms. The van der Waals surface area contributed by atoms with E-state index in [4.69, 9.17) is 0 Å². The molecule has 0 bridgehead atoms. The highest BCUT2D eigenvalue weighted by atomic mass is 19.1. The Hall–Kier alpha value is -1.83. The predicted molar refractivity (Wildman–Crippen MR) is 67.7 cm³/mol. The predicted octanol–water partition coefficient (Wildman–Crippen LogP) is 4.12. The fraction of sp³-hybridized carbons (Fsp3) is 0.200. The number of aromatic hydroxyl groups is 1. The number of hydrogen-bond donors (Lipinski definition) is 1. The van der Waals surface area contributed by atoms with E-state index in [1.165, 1.54) is 23.3 Å². The molecule has 0 heterocycles. The van der Waals surface area contributed by atoms with Crippen molar-refractivity contribution in [3.05, 3.63) is 52.8 Å². The Morgan fingerprint density at radius 3 is 2.18 bits per heavy atom. The minimum atomic E-state index is -0.583. The Balaban J connectivity index is 2.60. The first-order chi connectivity index (χ1) is 7.99. The van der Waals surface area contributed by atoms with Crippen LogP contribution in [0.1, 0.15) is 16.7 Å². The molecule has 0 atom stereocenters. The maximum absolute atomic E-state index is 13.3. The largest absolute Gasteiger partial charge is 0.505 e. The summed E-state index contributed by atoms with van der Waals surface area (Å²) in [5.74, 6) is -0.893. The molecule has 0 radical (unpaired) electrons. The van der Waals surface area contributed by atoms with Crippen molar-refractivity contribution in [2.75, 3.05) is 0 Å². The summed E-state index contributed by atoms with van der Waals surface area (Å²) in [6.07, 6.45) is 0. The average molecular weight is 230 g/mol. The summed E-state index contributed by atoms with van der Waals surface area (Å²) in [6, 6.07) is 8.63. The summed E-state index contributed by atoms with van der Waals surface area (Å²) in [6.45, 7) is 6.10. The molecule has 2 rings (SSSR count). The van der Waals surface area contributed by atoms with Crippen LogP contribution < -0.4 is 0 Å². The van der Waals surface area contributed by atoms with Gasteiger partial charge in [0.2, 0.25) is 0 Å². The van der Waals surface area contributed by atoms with E-state index in [9.17, 15) is 9.50 Å². The molecule has 0 aliphatic rings. The molecule has 0 saturated heterocycles. The first kappa shape index (κ1) is 11.6. The number of halogens is 1. The van der Waals surface area contributed by atoms with Gasteiger partial charge in [0.05, 0.1) is 0 Å². The van der Waals surface area contributed by atoms with Gasteiger partial charge in [-0.25, -0.2) is 4.39 Å². The Labute approximate surface area is 101 Å². The van der Waals surface area contributed by atoms with Gasteiger partial charge in [-0.1, -0.05) is 18.2 Å². The van der Waals surface area contributed by atoms with Crippen LogP contribution in [-0.4, -0.2) is 5.11 Å². The topological polar surface area (TPSA) is 20.2 Å². The minimum absolute atomic E-state index is 0.310. The number of phenols is 1. The molecule has 2 aromatic rings. The molecule has 17 heavy (non-hydrogen) atoms. The van der Waals surface area contributed by atoms with Crippen LogP contribution in [-0.2, 0) is 0 Å². The van der Waals surface area contributed by atoms with Gasteiger partial charge < -0.3 is 5.11 Å². The normalized spacial score (nSPS) is 10.6. The van der Waals surface area contributed by atoms with E-state index in [0.717, 1.165) is 16.7 Å². The first-order valence-electron chi connectivity index (χ1n) is 5.56. The molecule has 0 spiro atoms. The summed E-state index contributed by atoms with van der Waals surface area (Å²) in [5.41, 5.74) is 5.32. The Bertz CT molecular complexity index is 573. The highest BCUT2D eigenvalue weighted by molar-refractivity contribution is 5.69. The third-order valence-electron chi connectivity index (χ3n) is 3.10. The van der Waals surface area contributed by atoms with E-state index >= 15 is 0 Å². The summed E-state index contributed by atoms with van der Waals surface area (Å²) >= 11 is 0. The van der Waals surface area contributed by atoms with E-state index in [0.29, 0.717) is 0 Å². The van der Waals surface area contributed by atoms with Crippen LogP contribution in [0.15, 0.2) is 30.3 Å². The van der Waals surface area contributed by atoms with Crippen LogP contribution in [0.5, 0.6) is 5.75 Å². The molecular formula is C15H15FO. The smallest absolute Gasteiger partial charge is 0.165 e. The van der Waals surface area contributed by atoms with Crippen LogP contribution in [0.25, 0.3) is 11.1 Å². The van der Waals surface area contributed by atoms with Gasteiger partial charge in [0.15, 0.2) is 11.6 Å². The minimum Gasteiger partial charge on any atom is -0.505 e. The number of benzene rings is 2.